The predicted octanol–water partition coefficient (Wildman–Crippen LogP) is -0.872. The van der Waals surface area contributed by atoms with Crippen LogP contribution in [0.15, 0.2) is 0 Å². The highest BCUT2D eigenvalue weighted by Gasteiger charge is 2.27. The molecule has 1 aliphatic rings. The highest BCUT2D eigenvalue weighted by atomic mass is 16.5. The van der Waals surface area contributed by atoms with E-state index in [9.17, 15) is 4.79 Å². The van der Waals surface area contributed by atoms with Gasteiger partial charge in [0.1, 0.15) is 6.10 Å². The number of morpholine rings is 1. The Kier molecular flexibility index (Phi) is 4.31. The maximum absolute atomic E-state index is 11.5. The zero-order valence-corrected chi connectivity index (χ0v) is 8.82. The topological polar surface area (TPSA) is 67.6 Å². The van der Waals surface area contributed by atoms with Crippen molar-refractivity contribution in [3.8, 4) is 0 Å². The molecule has 0 saturated carbocycles. The van der Waals surface area contributed by atoms with Crippen molar-refractivity contribution in [3.05, 3.63) is 0 Å². The van der Waals surface area contributed by atoms with Crippen molar-refractivity contribution in [1.29, 1.82) is 0 Å². The molecular formula is C9H19N3O2. The van der Waals surface area contributed by atoms with E-state index in [1.54, 1.807) is 0 Å². The fraction of sp³-hybridized carbons (Fsp3) is 0.889. The summed E-state index contributed by atoms with van der Waals surface area (Å²) in [5, 5.41) is 2.74. The number of nitrogens with one attached hydrogen (secondary N) is 1. The third-order valence-electron chi connectivity index (χ3n) is 2.32. The largest absolute Gasteiger partial charge is 0.366 e. The highest BCUT2D eigenvalue weighted by Crippen LogP contribution is 2.06. The lowest BCUT2D eigenvalue weighted by Gasteiger charge is -2.34. The second-order valence-corrected chi connectivity index (χ2v) is 3.49. The molecule has 14 heavy (non-hydrogen) atoms. The number of rotatable bonds is 3. The summed E-state index contributed by atoms with van der Waals surface area (Å²) in [6, 6.07) is 0. The Balaban J connectivity index is 2.43. The van der Waals surface area contributed by atoms with E-state index in [0.717, 1.165) is 6.54 Å². The van der Waals surface area contributed by atoms with E-state index in [1.165, 1.54) is 0 Å². The van der Waals surface area contributed by atoms with E-state index < -0.39 is 0 Å². The molecule has 5 nitrogen and oxygen atoms in total. The monoisotopic (exact) mass is 201 g/mol. The van der Waals surface area contributed by atoms with Crippen LogP contribution in [0, 0.1) is 0 Å². The minimum atomic E-state index is -0.366. The van der Waals surface area contributed by atoms with Gasteiger partial charge >= 0.3 is 0 Å². The first-order valence-corrected chi connectivity index (χ1v) is 5.04. The first kappa shape index (κ1) is 11.4. The molecule has 1 heterocycles. The fourth-order valence-electron chi connectivity index (χ4n) is 1.49. The van der Waals surface area contributed by atoms with Gasteiger partial charge in [-0.1, -0.05) is 0 Å². The fourth-order valence-corrected chi connectivity index (χ4v) is 1.49. The standard InChI is InChI=1S/C9H19N3O2/c1-3-11-9(13)8-6-12(7(2)10)4-5-14-8/h7-8H,3-6,10H2,1-2H3,(H,11,13)/t7?,8-/m1/s1. The minimum Gasteiger partial charge on any atom is -0.366 e. The Bertz CT molecular complexity index is 196. The van der Waals surface area contributed by atoms with Gasteiger partial charge in [0.05, 0.1) is 12.8 Å². The van der Waals surface area contributed by atoms with Gasteiger partial charge in [-0.05, 0) is 13.8 Å². The number of carbonyl (C=O) groups is 1. The van der Waals surface area contributed by atoms with E-state index in [2.05, 4.69) is 5.32 Å². The van der Waals surface area contributed by atoms with Crippen LogP contribution in [0.2, 0.25) is 0 Å². The molecule has 1 fully saturated rings. The molecule has 0 aliphatic carbocycles. The summed E-state index contributed by atoms with van der Waals surface area (Å²) in [5.74, 6) is -0.0437. The van der Waals surface area contributed by atoms with Crippen molar-refractivity contribution in [2.75, 3.05) is 26.2 Å². The van der Waals surface area contributed by atoms with Crippen LogP contribution in [-0.2, 0) is 9.53 Å². The van der Waals surface area contributed by atoms with Crippen LogP contribution in [0.1, 0.15) is 13.8 Å². The lowest BCUT2D eigenvalue weighted by Crippen LogP contribution is -2.54. The van der Waals surface area contributed by atoms with E-state index >= 15 is 0 Å². The maximum Gasteiger partial charge on any atom is 0.250 e. The Morgan fingerprint density at radius 3 is 3.07 bits per heavy atom. The van der Waals surface area contributed by atoms with Crippen LogP contribution in [0.3, 0.4) is 0 Å². The maximum atomic E-state index is 11.5. The van der Waals surface area contributed by atoms with Crippen LogP contribution < -0.4 is 11.1 Å². The van der Waals surface area contributed by atoms with Crippen molar-refractivity contribution in [3.63, 3.8) is 0 Å². The number of amides is 1. The molecule has 3 N–H and O–H groups in total. The first-order valence-electron chi connectivity index (χ1n) is 5.04. The number of nitrogens with two attached hydrogens (primary N) is 1. The van der Waals surface area contributed by atoms with E-state index in [0.29, 0.717) is 19.7 Å². The van der Waals surface area contributed by atoms with Gasteiger partial charge in [0.25, 0.3) is 0 Å². The molecule has 1 rings (SSSR count). The summed E-state index contributed by atoms with van der Waals surface area (Å²) in [4.78, 5) is 13.5. The Hall–Kier alpha value is -0.650. The van der Waals surface area contributed by atoms with Gasteiger partial charge in [0, 0.05) is 19.6 Å². The molecular weight excluding hydrogens is 182 g/mol. The number of carbonyl (C=O) groups excluding carboxylic acids is 1. The highest BCUT2D eigenvalue weighted by molar-refractivity contribution is 5.81. The summed E-state index contributed by atoms with van der Waals surface area (Å²) in [6.45, 7) is 6.40. The molecule has 0 aromatic heterocycles. The molecule has 82 valence electrons. The van der Waals surface area contributed by atoms with Gasteiger partial charge in [0.15, 0.2) is 0 Å². The minimum absolute atomic E-state index is 0.0178. The summed E-state index contributed by atoms with van der Waals surface area (Å²) >= 11 is 0. The van der Waals surface area contributed by atoms with E-state index in [-0.39, 0.29) is 18.2 Å². The zero-order chi connectivity index (χ0) is 10.6. The molecule has 0 aromatic carbocycles. The van der Waals surface area contributed by atoms with Crippen molar-refractivity contribution < 1.29 is 9.53 Å². The molecule has 0 bridgehead atoms. The zero-order valence-electron chi connectivity index (χ0n) is 8.82. The van der Waals surface area contributed by atoms with Crippen molar-refractivity contribution in [1.82, 2.24) is 10.2 Å². The van der Waals surface area contributed by atoms with Gasteiger partial charge in [0.2, 0.25) is 5.91 Å². The van der Waals surface area contributed by atoms with E-state index in [1.807, 2.05) is 18.7 Å². The van der Waals surface area contributed by atoms with Crippen LogP contribution in [0.25, 0.3) is 0 Å². The van der Waals surface area contributed by atoms with Crippen LogP contribution in [0.4, 0.5) is 0 Å². The normalized spacial score (nSPS) is 25.8. The third-order valence-corrected chi connectivity index (χ3v) is 2.32. The molecule has 0 aromatic rings. The number of ether oxygens (including phenoxy) is 1. The first-order chi connectivity index (χ1) is 6.65. The van der Waals surface area contributed by atoms with Gasteiger partial charge in [-0.3, -0.25) is 9.69 Å². The van der Waals surface area contributed by atoms with Crippen LogP contribution in [0.5, 0.6) is 0 Å². The van der Waals surface area contributed by atoms with Gasteiger partial charge in [-0.2, -0.15) is 0 Å². The SMILES string of the molecule is CCNC(=O)[C@H]1CN(C(C)N)CCO1. The second kappa shape index (κ2) is 5.29. The van der Waals surface area contributed by atoms with Crippen molar-refractivity contribution >= 4 is 5.91 Å². The van der Waals surface area contributed by atoms with E-state index in [4.69, 9.17) is 10.5 Å². The summed E-state index contributed by atoms with van der Waals surface area (Å²) in [7, 11) is 0. The molecule has 0 radical (unpaired) electrons. The third kappa shape index (κ3) is 2.94. The Morgan fingerprint density at radius 1 is 1.79 bits per heavy atom. The summed E-state index contributed by atoms with van der Waals surface area (Å²) in [6.07, 6.45) is -0.384. The Morgan fingerprint density at radius 2 is 2.50 bits per heavy atom. The van der Waals surface area contributed by atoms with Gasteiger partial charge < -0.3 is 15.8 Å². The van der Waals surface area contributed by atoms with Crippen molar-refractivity contribution in [2.24, 2.45) is 5.73 Å². The quantitative estimate of drug-likeness (QED) is 0.623. The number of hydrogen-bond acceptors (Lipinski definition) is 4. The number of nitrogens with zero attached hydrogens (tertiary/aromatic N) is 1. The lowest BCUT2D eigenvalue weighted by molar-refractivity contribution is -0.139. The molecule has 5 heteroatoms. The number of likely N-dealkylation sites (N-methyl/N-ethyl adjacent to an activating group) is 1. The molecule has 0 spiro atoms. The average Bonchev–Trinajstić information content (AvgIpc) is 2.18. The Labute approximate surface area is 84.6 Å². The average molecular weight is 201 g/mol. The predicted molar refractivity (Wildman–Crippen MR) is 53.6 cm³/mol. The smallest absolute Gasteiger partial charge is 0.250 e. The number of hydrogen-bond donors (Lipinski definition) is 2. The van der Waals surface area contributed by atoms with Crippen LogP contribution >= 0.6 is 0 Å². The molecule has 1 aliphatic heterocycles. The molecule has 2 atom stereocenters. The molecule has 1 amide bonds. The molecule has 1 unspecified atom stereocenters. The summed E-state index contributed by atoms with van der Waals surface area (Å²) < 4.78 is 5.36. The van der Waals surface area contributed by atoms with Crippen LogP contribution in [-0.4, -0.2) is 49.3 Å². The second-order valence-electron chi connectivity index (χ2n) is 3.49. The van der Waals surface area contributed by atoms with Gasteiger partial charge in [-0.25, -0.2) is 0 Å². The van der Waals surface area contributed by atoms with Crippen molar-refractivity contribution in [2.45, 2.75) is 26.1 Å². The lowest BCUT2D eigenvalue weighted by atomic mass is 10.2. The van der Waals surface area contributed by atoms with Gasteiger partial charge in [-0.15, -0.1) is 0 Å². The molecule has 1 saturated heterocycles. The summed E-state index contributed by atoms with van der Waals surface area (Å²) in [5.41, 5.74) is 5.74.